The molecule has 5 heteroatoms. The van der Waals surface area contributed by atoms with Gasteiger partial charge < -0.3 is 10.4 Å². The van der Waals surface area contributed by atoms with E-state index in [4.69, 9.17) is 5.11 Å². The van der Waals surface area contributed by atoms with Gasteiger partial charge >= 0.3 is 5.97 Å². The molecule has 0 unspecified atom stereocenters. The topological polar surface area (TPSA) is 79.3 Å². The average Bonchev–Trinajstić information content (AvgIpc) is 2.28. The summed E-state index contributed by atoms with van der Waals surface area (Å²) in [6, 6.07) is 6.81. The molecular formula is C13H12N2O3. The molecule has 92 valence electrons. The molecule has 2 aromatic rings. The maximum atomic E-state index is 11.1. The van der Waals surface area contributed by atoms with E-state index >= 15 is 0 Å². The summed E-state index contributed by atoms with van der Waals surface area (Å²) in [6.07, 6.45) is 0. The second-order valence-electron chi connectivity index (χ2n) is 4.06. The molecule has 1 amide bonds. The lowest BCUT2D eigenvalue weighted by atomic mass is 10.1. The number of carboxylic acid groups (broad SMARTS) is 1. The molecule has 2 N–H and O–H groups in total. The number of fused-ring (bicyclic) bond motifs is 1. The van der Waals surface area contributed by atoms with E-state index in [9.17, 15) is 9.59 Å². The minimum Gasteiger partial charge on any atom is -0.477 e. The first-order chi connectivity index (χ1) is 8.47. The fourth-order valence-corrected chi connectivity index (χ4v) is 1.74. The van der Waals surface area contributed by atoms with Gasteiger partial charge in [-0.2, -0.15) is 0 Å². The fourth-order valence-electron chi connectivity index (χ4n) is 1.74. The number of nitrogens with zero attached hydrogens (tertiary/aromatic N) is 1. The van der Waals surface area contributed by atoms with Gasteiger partial charge in [0.25, 0.3) is 0 Å². The Labute approximate surface area is 103 Å². The number of carbonyl (C=O) groups excluding carboxylic acids is 1. The number of amides is 1. The monoisotopic (exact) mass is 244 g/mol. The van der Waals surface area contributed by atoms with Crippen molar-refractivity contribution in [3.8, 4) is 0 Å². The van der Waals surface area contributed by atoms with Crippen LogP contribution in [0.25, 0.3) is 10.9 Å². The molecule has 1 aromatic carbocycles. The summed E-state index contributed by atoms with van der Waals surface area (Å²) >= 11 is 0. The van der Waals surface area contributed by atoms with Crippen LogP contribution >= 0.6 is 0 Å². The Kier molecular flexibility index (Phi) is 2.97. The standard InChI is InChI=1S/C13H12N2O3/c1-7-3-4-10-9(5-7)11(14-8(2)16)6-12(15-10)13(17)18/h3-6H,1-2H3,(H,17,18)(H,14,15,16). The zero-order valence-corrected chi connectivity index (χ0v) is 10.0. The van der Waals surface area contributed by atoms with Gasteiger partial charge in [-0.1, -0.05) is 11.6 Å². The van der Waals surface area contributed by atoms with Crippen molar-refractivity contribution >= 4 is 28.5 Å². The molecular weight excluding hydrogens is 232 g/mol. The number of benzene rings is 1. The number of carbonyl (C=O) groups is 2. The summed E-state index contributed by atoms with van der Waals surface area (Å²) in [7, 11) is 0. The lowest BCUT2D eigenvalue weighted by Gasteiger charge is -2.08. The number of aromatic carboxylic acids is 1. The van der Waals surface area contributed by atoms with Gasteiger partial charge in [0.05, 0.1) is 11.2 Å². The van der Waals surface area contributed by atoms with Gasteiger partial charge in [0.2, 0.25) is 5.91 Å². The highest BCUT2D eigenvalue weighted by Crippen LogP contribution is 2.24. The number of anilines is 1. The maximum absolute atomic E-state index is 11.1. The molecule has 1 heterocycles. The van der Waals surface area contributed by atoms with Gasteiger partial charge in [-0.15, -0.1) is 0 Å². The van der Waals surface area contributed by atoms with Crippen LogP contribution in [0.5, 0.6) is 0 Å². The van der Waals surface area contributed by atoms with Crippen molar-refractivity contribution < 1.29 is 14.7 Å². The van der Waals surface area contributed by atoms with E-state index in [1.54, 1.807) is 6.07 Å². The van der Waals surface area contributed by atoms with E-state index in [1.807, 2.05) is 19.1 Å². The van der Waals surface area contributed by atoms with Crippen molar-refractivity contribution in [2.75, 3.05) is 5.32 Å². The summed E-state index contributed by atoms with van der Waals surface area (Å²) < 4.78 is 0. The first-order valence-corrected chi connectivity index (χ1v) is 5.39. The predicted octanol–water partition coefficient (Wildman–Crippen LogP) is 2.20. The Balaban J connectivity index is 2.72. The van der Waals surface area contributed by atoms with Gasteiger partial charge in [-0.25, -0.2) is 9.78 Å². The predicted molar refractivity (Wildman–Crippen MR) is 67.7 cm³/mol. The Morgan fingerprint density at radius 1 is 1.28 bits per heavy atom. The first kappa shape index (κ1) is 12.0. The average molecular weight is 244 g/mol. The largest absolute Gasteiger partial charge is 0.477 e. The Morgan fingerprint density at radius 3 is 2.61 bits per heavy atom. The van der Waals surface area contributed by atoms with Crippen molar-refractivity contribution in [2.24, 2.45) is 0 Å². The number of carboxylic acids is 1. The second kappa shape index (κ2) is 4.44. The second-order valence-corrected chi connectivity index (χ2v) is 4.06. The molecule has 18 heavy (non-hydrogen) atoms. The van der Waals surface area contributed by atoms with E-state index in [2.05, 4.69) is 10.3 Å². The minimum absolute atomic E-state index is 0.0879. The van der Waals surface area contributed by atoms with Crippen molar-refractivity contribution in [3.63, 3.8) is 0 Å². The number of aromatic nitrogens is 1. The Hall–Kier alpha value is -2.43. The Morgan fingerprint density at radius 2 is 2.00 bits per heavy atom. The summed E-state index contributed by atoms with van der Waals surface area (Å²) in [5, 5.41) is 12.3. The third-order valence-corrected chi connectivity index (χ3v) is 2.49. The van der Waals surface area contributed by atoms with Crippen molar-refractivity contribution in [1.29, 1.82) is 0 Å². The van der Waals surface area contributed by atoms with Crippen LogP contribution in [0.1, 0.15) is 23.0 Å². The number of rotatable bonds is 2. The van der Waals surface area contributed by atoms with Gasteiger partial charge in [0.15, 0.2) is 5.69 Å². The summed E-state index contributed by atoms with van der Waals surface area (Å²) in [5.74, 6) is -1.37. The van der Waals surface area contributed by atoms with Crippen molar-refractivity contribution in [3.05, 3.63) is 35.5 Å². The van der Waals surface area contributed by atoms with Crippen LogP contribution in [0.4, 0.5) is 5.69 Å². The molecule has 0 saturated carbocycles. The Bertz CT molecular complexity index is 650. The lowest BCUT2D eigenvalue weighted by molar-refractivity contribution is -0.114. The summed E-state index contributed by atoms with van der Waals surface area (Å²) in [4.78, 5) is 26.2. The molecule has 1 aromatic heterocycles. The highest BCUT2D eigenvalue weighted by atomic mass is 16.4. The molecule has 0 bridgehead atoms. The van der Waals surface area contributed by atoms with Crippen LogP contribution in [0.2, 0.25) is 0 Å². The SMILES string of the molecule is CC(=O)Nc1cc(C(=O)O)nc2ccc(C)cc12. The van der Waals surface area contributed by atoms with E-state index < -0.39 is 5.97 Å². The molecule has 0 fully saturated rings. The van der Waals surface area contributed by atoms with Gasteiger partial charge in [-0.05, 0) is 25.1 Å². The molecule has 2 rings (SSSR count). The minimum atomic E-state index is -1.12. The van der Waals surface area contributed by atoms with E-state index in [1.165, 1.54) is 13.0 Å². The van der Waals surface area contributed by atoms with Gasteiger partial charge in [-0.3, -0.25) is 4.79 Å². The molecule has 0 aliphatic heterocycles. The van der Waals surface area contributed by atoms with E-state index in [0.717, 1.165) is 10.9 Å². The van der Waals surface area contributed by atoms with Crippen molar-refractivity contribution in [2.45, 2.75) is 13.8 Å². The highest BCUT2D eigenvalue weighted by molar-refractivity contribution is 6.03. The summed E-state index contributed by atoms with van der Waals surface area (Å²) in [6.45, 7) is 3.30. The third-order valence-electron chi connectivity index (χ3n) is 2.49. The first-order valence-electron chi connectivity index (χ1n) is 5.39. The van der Waals surface area contributed by atoms with Gasteiger partial charge in [0.1, 0.15) is 0 Å². The zero-order valence-electron chi connectivity index (χ0n) is 10.0. The zero-order chi connectivity index (χ0) is 13.3. The van der Waals surface area contributed by atoms with Crippen LogP contribution in [0.15, 0.2) is 24.3 Å². The normalized spacial score (nSPS) is 10.3. The number of pyridine rings is 1. The number of hydrogen-bond donors (Lipinski definition) is 2. The van der Waals surface area contributed by atoms with Gasteiger partial charge in [0, 0.05) is 12.3 Å². The number of nitrogens with one attached hydrogen (secondary N) is 1. The van der Waals surface area contributed by atoms with Crippen LogP contribution in [0, 0.1) is 6.92 Å². The third kappa shape index (κ3) is 2.29. The van der Waals surface area contributed by atoms with Crippen LogP contribution < -0.4 is 5.32 Å². The van der Waals surface area contributed by atoms with E-state index in [-0.39, 0.29) is 11.6 Å². The van der Waals surface area contributed by atoms with Crippen LogP contribution in [0.3, 0.4) is 0 Å². The van der Waals surface area contributed by atoms with Crippen LogP contribution in [-0.4, -0.2) is 22.0 Å². The molecule has 0 saturated heterocycles. The van der Waals surface area contributed by atoms with E-state index in [0.29, 0.717) is 11.2 Å². The fraction of sp³-hybridized carbons (Fsp3) is 0.154. The smallest absolute Gasteiger partial charge is 0.354 e. The quantitative estimate of drug-likeness (QED) is 0.848. The molecule has 0 spiro atoms. The molecule has 0 atom stereocenters. The molecule has 0 aliphatic carbocycles. The van der Waals surface area contributed by atoms with Crippen molar-refractivity contribution in [1.82, 2.24) is 4.98 Å². The molecule has 5 nitrogen and oxygen atoms in total. The summed E-state index contributed by atoms with van der Waals surface area (Å²) in [5.41, 5.74) is 1.94. The number of aryl methyl sites for hydroxylation is 1. The highest BCUT2D eigenvalue weighted by Gasteiger charge is 2.11. The number of hydrogen-bond acceptors (Lipinski definition) is 3. The molecule has 0 radical (unpaired) electrons. The molecule has 0 aliphatic rings. The maximum Gasteiger partial charge on any atom is 0.354 e. The van der Waals surface area contributed by atoms with Crippen LogP contribution in [-0.2, 0) is 4.79 Å². The lowest BCUT2D eigenvalue weighted by Crippen LogP contribution is -2.09.